The number of hydrogen-bond acceptors (Lipinski definition) is 2. The van der Waals surface area contributed by atoms with Gasteiger partial charge < -0.3 is 10.6 Å². The molecule has 0 bridgehead atoms. The second-order valence-corrected chi connectivity index (χ2v) is 6.02. The average molecular weight is 254 g/mol. The van der Waals surface area contributed by atoms with Gasteiger partial charge in [-0.15, -0.1) is 0 Å². The van der Waals surface area contributed by atoms with E-state index >= 15 is 0 Å². The highest BCUT2D eigenvalue weighted by atomic mass is 16.2. The minimum atomic E-state index is 0.351. The van der Waals surface area contributed by atoms with Gasteiger partial charge in [-0.3, -0.25) is 4.79 Å². The average Bonchev–Trinajstić information content (AvgIpc) is 2.67. The minimum Gasteiger partial charge on any atom is -0.342 e. The molecular weight excluding hydrogens is 224 g/mol. The summed E-state index contributed by atoms with van der Waals surface area (Å²) in [6.45, 7) is 9.34. The van der Waals surface area contributed by atoms with E-state index in [1.165, 1.54) is 12.8 Å². The smallest absolute Gasteiger partial charge is 0.222 e. The van der Waals surface area contributed by atoms with Crippen molar-refractivity contribution in [3.05, 3.63) is 0 Å². The second-order valence-electron chi connectivity index (χ2n) is 6.02. The molecule has 1 saturated heterocycles. The maximum Gasteiger partial charge on any atom is 0.222 e. The van der Waals surface area contributed by atoms with E-state index in [1.54, 1.807) is 0 Å². The van der Waals surface area contributed by atoms with E-state index < -0.39 is 0 Å². The summed E-state index contributed by atoms with van der Waals surface area (Å²) in [5.41, 5.74) is 5.63. The molecule has 2 N–H and O–H groups in total. The summed E-state index contributed by atoms with van der Waals surface area (Å²) < 4.78 is 0. The van der Waals surface area contributed by atoms with Crippen molar-refractivity contribution >= 4 is 5.91 Å². The summed E-state index contributed by atoms with van der Waals surface area (Å²) >= 11 is 0. The van der Waals surface area contributed by atoms with Crippen LogP contribution in [0.4, 0.5) is 0 Å². The molecule has 106 valence electrons. The predicted molar refractivity (Wildman–Crippen MR) is 76.2 cm³/mol. The molecule has 0 saturated carbocycles. The lowest BCUT2D eigenvalue weighted by Gasteiger charge is -2.19. The van der Waals surface area contributed by atoms with Gasteiger partial charge in [0.2, 0.25) is 5.91 Å². The molecule has 0 radical (unpaired) electrons. The van der Waals surface area contributed by atoms with Crippen molar-refractivity contribution in [2.75, 3.05) is 19.6 Å². The molecule has 3 unspecified atom stereocenters. The number of carbonyl (C=O) groups excluding carboxylic acids is 1. The molecule has 0 aliphatic carbocycles. The molecule has 0 aromatic heterocycles. The summed E-state index contributed by atoms with van der Waals surface area (Å²) in [6.07, 6.45) is 5.19. The van der Waals surface area contributed by atoms with E-state index in [-0.39, 0.29) is 0 Å². The zero-order valence-electron chi connectivity index (χ0n) is 12.3. The van der Waals surface area contributed by atoms with Crippen molar-refractivity contribution in [1.82, 2.24) is 4.90 Å². The van der Waals surface area contributed by atoms with E-state index in [1.807, 2.05) is 0 Å². The molecule has 1 aliphatic rings. The third-order valence-corrected chi connectivity index (χ3v) is 4.38. The first kappa shape index (κ1) is 15.5. The SMILES string of the molecule is CCCC(CCN)CCC(=O)N1CC(C)C(C)C1. The lowest BCUT2D eigenvalue weighted by Crippen LogP contribution is -2.29. The number of carbonyl (C=O) groups is 1. The predicted octanol–water partition coefficient (Wildman–Crippen LogP) is 2.65. The van der Waals surface area contributed by atoms with Crippen LogP contribution in [0.15, 0.2) is 0 Å². The van der Waals surface area contributed by atoms with Crippen LogP contribution in [0, 0.1) is 17.8 Å². The van der Waals surface area contributed by atoms with Gasteiger partial charge in [0.15, 0.2) is 0 Å². The molecule has 3 atom stereocenters. The van der Waals surface area contributed by atoms with Gasteiger partial charge in [0.1, 0.15) is 0 Å². The lowest BCUT2D eigenvalue weighted by atomic mass is 9.94. The summed E-state index contributed by atoms with van der Waals surface area (Å²) in [5.74, 6) is 2.31. The largest absolute Gasteiger partial charge is 0.342 e. The third-order valence-electron chi connectivity index (χ3n) is 4.38. The fourth-order valence-corrected chi connectivity index (χ4v) is 2.90. The third kappa shape index (κ3) is 4.60. The Labute approximate surface area is 112 Å². The first-order valence-electron chi connectivity index (χ1n) is 7.56. The van der Waals surface area contributed by atoms with Crippen molar-refractivity contribution in [2.45, 2.75) is 52.9 Å². The van der Waals surface area contributed by atoms with E-state index in [2.05, 4.69) is 25.7 Å². The van der Waals surface area contributed by atoms with Crippen LogP contribution >= 0.6 is 0 Å². The van der Waals surface area contributed by atoms with Crippen molar-refractivity contribution in [2.24, 2.45) is 23.5 Å². The number of nitrogens with zero attached hydrogens (tertiary/aromatic N) is 1. The molecule has 18 heavy (non-hydrogen) atoms. The summed E-state index contributed by atoms with van der Waals surface area (Å²) in [7, 11) is 0. The Morgan fingerprint density at radius 3 is 2.33 bits per heavy atom. The number of nitrogens with two attached hydrogens (primary N) is 1. The van der Waals surface area contributed by atoms with Gasteiger partial charge >= 0.3 is 0 Å². The normalized spacial score (nSPS) is 25.4. The molecule has 0 spiro atoms. The fourth-order valence-electron chi connectivity index (χ4n) is 2.90. The molecule has 0 aromatic carbocycles. The van der Waals surface area contributed by atoms with Gasteiger partial charge in [-0.2, -0.15) is 0 Å². The van der Waals surface area contributed by atoms with Crippen LogP contribution in [0.2, 0.25) is 0 Å². The highest BCUT2D eigenvalue weighted by molar-refractivity contribution is 5.76. The van der Waals surface area contributed by atoms with Gasteiger partial charge in [-0.1, -0.05) is 33.6 Å². The van der Waals surface area contributed by atoms with Crippen LogP contribution in [0.3, 0.4) is 0 Å². The van der Waals surface area contributed by atoms with Crippen LogP contribution < -0.4 is 5.73 Å². The molecular formula is C15H30N2O. The summed E-state index contributed by atoms with van der Waals surface area (Å²) in [6, 6.07) is 0. The zero-order chi connectivity index (χ0) is 13.5. The van der Waals surface area contributed by atoms with Crippen LogP contribution in [0.25, 0.3) is 0 Å². The second kappa shape index (κ2) is 7.78. The summed E-state index contributed by atoms with van der Waals surface area (Å²) in [4.78, 5) is 14.2. The number of hydrogen-bond donors (Lipinski definition) is 1. The molecule has 1 rings (SSSR count). The van der Waals surface area contributed by atoms with Crippen LogP contribution in [0.5, 0.6) is 0 Å². The standard InChI is InChI=1S/C15H30N2O/c1-4-5-14(8-9-16)6-7-15(18)17-10-12(2)13(3)11-17/h12-14H,4-11,16H2,1-3H3. The number of amides is 1. The van der Waals surface area contributed by atoms with Crippen molar-refractivity contribution < 1.29 is 4.79 Å². The maximum absolute atomic E-state index is 12.1. The van der Waals surface area contributed by atoms with Gasteiger partial charge in [0, 0.05) is 19.5 Å². The van der Waals surface area contributed by atoms with Crippen LogP contribution in [-0.4, -0.2) is 30.4 Å². The van der Waals surface area contributed by atoms with Gasteiger partial charge in [-0.25, -0.2) is 0 Å². The topological polar surface area (TPSA) is 46.3 Å². The highest BCUT2D eigenvalue weighted by Gasteiger charge is 2.29. The fraction of sp³-hybridized carbons (Fsp3) is 0.933. The van der Waals surface area contributed by atoms with Crippen LogP contribution in [-0.2, 0) is 4.79 Å². The first-order valence-corrected chi connectivity index (χ1v) is 7.56. The van der Waals surface area contributed by atoms with Gasteiger partial charge in [0.05, 0.1) is 0 Å². The Morgan fingerprint density at radius 1 is 1.22 bits per heavy atom. The number of rotatable bonds is 7. The van der Waals surface area contributed by atoms with Crippen molar-refractivity contribution in [1.29, 1.82) is 0 Å². The first-order chi connectivity index (χ1) is 8.58. The van der Waals surface area contributed by atoms with Gasteiger partial charge in [0.25, 0.3) is 0 Å². The number of likely N-dealkylation sites (tertiary alicyclic amines) is 1. The highest BCUT2D eigenvalue weighted by Crippen LogP contribution is 2.24. The maximum atomic E-state index is 12.1. The Hall–Kier alpha value is -0.570. The molecule has 1 aliphatic heterocycles. The molecule has 3 heteroatoms. The van der Waals surface area contributed by atoms with Crippen molar-refractivity contribution in [3.8, 4) is 0 Å². The molecule has 0 aromatic rings. The van der Waals surface area contributed by atoms with Gasteiger partial charge in [-0.05, 0) is 37.1 Å². The monoisotopic (exact) mass is 254 g/mol. The molecule has 3 nitrogen and oxygen atoms in total. The zero-order valence-corrected chi connectivity index (χ0v) is 12.3. The lowest BCUT2D eigenvalue weighted by molar-refractivity contribution is -0.130. The Bertz CT molecular complexity index is 239. The van der Waals surface area contributed by atoms with E-state index in [9.17, 15) is 4.79 Å². The molecule has 1 fully saturated rings. The van der Waals surface area contributed by atoms with E-state index in [4.69, 9.17) is 5.73 Å². The molecule has 1 heterocycles. The quantitative estimate of drug-likeness (QED) is 0.759. The Morgan fingerprint density at radius 2 is 1.83 bits per heavy atom. The van der Waals surface area contributed by atoms with E-state index in [0.29, 0.717) is 30.1 Å². The van der Waals surface area contributed by atoms with Crippen molar-refractivity contribution in [3.63, 3.8) is 0 Å². The minimum absolute atomic E-state index is 0.351. The summed E-state index contributed by atoms with van der Waals surface area (Å²) in [5, 5.41) is 0. The Kier molecular flexibility index (Phi) is 6.69. The Balaban J connectivity index is 2.31. The van der Waals surface area contributed by atoms with E-state index in [0.717, 1.165) is 32.5 Å². The molecule has 1 amide bonds. The van der Waals surface area contributed by atoms with Crippen LogP contribution in [0.1, 0.15) is 52.9 Å².